The summed E-state index contributed by atoms with van der Waals surface area (Å²) in [5.74, 6) is -0.577. The molecule has 0 spiro atoms. The van der Waals surface area contributed by atoms with E-state index in [0.29, 0.717) is 5.89 Å². The first-order valence-corrected chi connectivity index (χ1v) is 6.72. The second-order valence-electron chi connectivity index (χ2n) is 3.25. The van der Waals surface area contributed by atoms with Gasteiger partial charge in [-0.25, -0.2) is 0 Å². The number of thioether (sulfide) groups is 1. The van der Waals surface area contributed by atoms with E-state index in [1.807, 2.05) is 17.5 Å². The summed E-state index contributed by atoms with van der Waals surface area (Å²) >= 11 is 2.46. The maximum atomic E-state index is 10.9. The average molecular weight is 286 g/mol. The summed E-state index contributed by atoms with van der Waals surface area (Å²) in [6, 6.07) is 3.73. The topological polar surface area (TPSA) is 85.5 Å². The first-order chi connectivity index (χ1) is 8.70. The van der Waals surface area contributed by atoms with E-state index < -0.39 is 11.2 Å². The van der Waals surface area contributed by atoms with Crippen LogP contribution >= 0.6 is 23.1 Å². The minimum Gasteiger partial charge on any atom is -0.480 e. The Kier molecular flexibility index (Phi) is 4.34. The fourth-order valence-electron chi connectivity index (χ4n) is 1.19. The number of aromatic nitrogens is 2. The molecule has 0 radical (unpaired) electrons. The Hall–Kier alpha value is -1.38. The van der Waals surface area contributed by atoms with Gasteiger partial charge in [0.1, 0.15) is 5.25 Å². The van der Waals surface area contributed by atoms with E-state index in [1.54, 1.807) is 0 Å². The van der Waals surface area contributed by atoms with Gasteiger partial charge in [0.15, 0.2) is 0 Å². The lowest BCUT2D eigenvalue weighted by Gasteiger charge is -2.06. The van der Waals surface area contributed by atoms with Crippen molar-refractivity contribution in [2.24, 2.45) is 0 Å². The summed E-state index contributed by atoms with van der Waals surface area (Å²) in [7, 11) is 1.45. The quantitative estimate of drug-likeness (QED) is 0.813. The van der Waals surface area contributed by atoms with Crippen LogP contribution in [0.2, 0.25) is 0 Å². The highest BCUT2D eigenvalue weighted by Gasteiger charge is 2.22. The predicted molar refractivity (Wildman–Crippen MR) is 66.8 cm³/mol. The van der Waals surface area contributed by atoms with Gasteiger partial charge in [-0.05, 0) is 23.2 Å². The van der Waals surface area contributed by atoms with Gasteiger partial charge in [-0.15, -0.1) is 21.5 Å². The number of rotatable bonds is 6. The molecule has 2 rings (SSSR count). The standard InChI is InChI=1S/C10H10N2O4S2/c1-15-5-7(9(13)14)18-10-12-11-8(16-10)6-3-2-4-17-6/h2-4,7H,5H2,1H3,(H,13,14). The maximum absolute atomic E-state index is 10.9. The van der Waals surface area contributed by atoms with Crippen LogP contribution in [0.15, 0.2) is 27.2 Å². The minimum atomic E-state index is -0.974. The fourth-order valence-corrected chi connectivity index (χ4v) is 2.59. The second-order valence-corrected chi connectivity index (χ2v) is 5.35. The molecule has 0 aliphatic heterocycles. The second kappa shape index (κ2) is 5.98. The molecule has 8 heteroatoms. The lowest BCUT2D eigenvalue weighted by molar-refractivity contribution is -0.137. The van der Waals surface area contributed by atoms with Crippen molar-refractivity contribution >= 4 is 29.1 Å². The fraction of sp³-hybridized carbons (Fsp3) is 0.300. The van der Waals surface area contributed by atoms with Crippen LogP contribution in [-0.4, -0.2) is 40.2 Å². The number of carboxylic acid groups (broad SMARTS) is 1. The van der Waals surface area contributed by atoms with E-state index >= 15 is 0 Å². The molecule has 0 amide bonds. The molecule has 0 fully saturated rings. The average Bonchev–Trinajstić information content (AvgIpc) is 2.98. The summed E-state index contributed by atoms with van der Waals surface area (Å²) in [6.45, 7) is 0.0801. The number of methoxy groups -OCH3 is 1. The SMILES string of the molecule is COCC(Sc1nnc(-c2cccs2)o1)C(=O)O. The molecule has 1 atom stereocenters. The Labute approximate surface area is 111 Å². The highest BCUT2D eigenvalue weighted by atomic mass is 32.2. The van der Waals surface area contributed by atoms with E-state index in [4.69, 9.17) is 14.3 Å². The monoisotopic (exact) mass is 286 g/mol. The molecule has 0 saturated heterocycles. The summed E-state index contributed by atoms with van der Waals surface area (Å²) in [6.07, 6.45) is 0. The summed E-state index contributed by atoms with van der Waals surface area (Å²) < 4.78 is 10.2. The van der Waals surface area contributed by atoms with Crippen molar-refractivity contribution in [3.63, 3.8) is 0 Å². The van der Waals surface area contributed by atoms with Gasteiger partial charge in [0.25, 0.3) is 11.1 Å². The summed E-state index contributed by atoms with van der Waals surface area (Å²) in [5.41, 5.74) is 0. The number of hydrogen-bond donors (Lipinski definition) is 1. The number of thiophene rings is 1. The lowest BCUT2D eigenvalue weighted by Crippen LogP contribution is -2.21. The molecule has 6 nitrogen and oxygen atoms in total. The molecule has 0 aliphatic carbocycles. The normalized spacial score (nSPS) is 12.5. The van der Waals surface area contributed by atoms with Crippen molar-refractivity contribution in [3.05, 3.63) is 17.5 Å². The summed E-state index contributed by atoms with van der Waals surface area (Å²) in [4.78, 5) is 11.8. The van der Waals surface area contributed by atoms with Crippen LogP contribution in [-0.2, 0) is 9.53 Å². The Balaban J connectivity index is 2.08. The molecular weight excluding hydrogens is 276 g/mol. The van der Waals surface area contributed by atoms with Crippen LogP contribution in [0.4, 0.5) is 0 Å². The van der Waals surface area contributed by atoms with Gasteiger partial charge in [0.05, 0.1) is 11.5 Å². The molecule has 0 aliphatic rings. The molecule has 0 saturated carbocycles. The third kappa shape index (κ3) is 3.09. The largest absolute Gasteiger partial charge is 0.480 e. The van der Waals surface area contributed by atoms with E-state index in [1.165, 1.54) is 18.4 Å². The smallest absolute Gasteiger partial charge is 0.319 e. The lowest BCUT2D eigenvalue weighted by atomic mass is 10.5. The molecule has 1 N–H and O–H groups in total. The van der Waals surface area contributed by atoms with Crippen LogP contribution in [0.25, 0.3) is 10.8 Å². The van der Waals surface area contributed by atoms with Crippen LogP contribution < -0.4 is 0 Å². The van der Waals surface area contributed by atoms with E-state index in [9.17, 15) is 4.79 Å². The zero-order valence-corrected chi connectivity index (χ0v) is 11.0. The first kappa shape index (κ1) is 13.1. The van der Waals surface area contributed by atoms with Gasteiger partial charge < -0.3 is 14.3 Å². The molecule has 0 aromatic carbocycles. The molecule has 18 heavy (non-hydrogen) atoms. The highest BCUT2D eigenvalue weighted by molar-refractivity contribution is 8.00. The predicted octanol–water partition coefficient (Wildman–Crippen LogP) is 1.99. The number of ether oxygens (including phenoxy) is 1. The highest BCUT2D eigenvalue weighted by Crippen LogP contribution is 2.28. The third-order valence-corrected chi connectivity index (χ3v) is 3.82. The van der Waals surface area contributed by atoms with Gasteiger partial charge in [-0.2, -0.15) is 0 Å². The molecule has 2 aromatic heterocycles. The minimum absolute atomic E-state index is 0.0801. The van der Waals surface area contributed by atoms with E-state index in [-0.39, 0.29) is 11.8 Å². The molecule has 96 valence electrons. The number of carboxylic acids is 1. The van der Waals surface area contributed by atoms with Crippen LogP contribution in [0.1, 0.15) is 0 Å². The van der Waals surface area contributed by atoms with E-state index in [2.05, 4.69) is 10.2 Å². The van der Waals surface area contributed by atoms with Crippen molar-refractivity contribution < 1.29 is 19.1 Å². The first-order valence-electron chi connectivity index (χ1n) is 4.96. The van der Waals surface area contributed by atoms with E-state index in [0.717, 1.165) is 16.6 Å². The summed E-state index contributed by atoms with van der Waals surface area (Å²) in [5, 5.41) is 18.0. The van der Waals surface area contributed by atoms with Gasteiger partial charge in [-0.1, -0.05) is 6.07 Å². The van der Waals surface area contributed by atoms with Crippen molar-refractivity contribution in [1.29, 1.82) is 0 Å². The molecule has 2 heterocycles. The van der Waals surface area contributed by atoms with Gasteiger partial charge in [-0.3, -0.25) is 4.79 Å². The van der Waals surface area contributed by atoms with Gasteiger partial charge in [0, 0.05) is 7.11 Å². The Bertz CT molecular complexity index is 512. The molecule has 1 unspecified atom stereocenters. The molecule has 2 aromatic rings. The zero-order valence-electron chi connectivity index (χ0n) is 9.40. The zero-order chi connectivity index (χ0) is 13.0. The van der Waals surface area contributed by atoms with Crippen LogP contribution in [0, 0.1) is 0 Å². The Morgan fingerprint density at radius 3 is 3.11 bits per heavy atom. The van der Waals surface area contributed by atoms with Crippen molar-refractivity contribution in [2.45, 2.75) is 10.5 Å². The third-order valence-electron chi connectivity index (χ3n) is 1.97. The van der Waals surface area contributed by atoms with Crippen molar-refractivity contribution in [2.75, 3.05) is 13.7 Å². The van der Waals surface area contributed by atoms with Crippen LogP contribution in [0.5, 0.6) is 0 Å². The number of hydrogen-bond acceptors (Lipinski definition) is 7. The van der Waals surface area contributed by atoms with Crippen LogP contribution in [0.3, 0.4) is 0 Å². The maximum Gasteiger partial charge on any atom is 0.319 e. The number of nitrogens with zero attached hydrogens (tertiary/aromatic N) is 2. The van der Waals surface area contributed by atoms with Crippen molar-refractivity contribution in [1.82, 2.24) is 10.2 Å². The molecular formula is C10H10N2O4S2. The Morgan fingerprint density at radius 1 is 1.67 bits per heavy atom. The number of aliphatic carboxylic acids is 1. The Morgan fingerprint density at radius 2 is 2.50 bits per heavy atom. The molecule has 0 bridgehead atoms. The van der Waals surface area contributed by atoms with Gasteiger partial charge in [0.2, 0.25) is 0 Å². The number of carbonyl (C=O) groups is 1. The van der Waals surface area contributed by atoms with Crippen molar-refractivity contribution in [3.8, 4) is 10.8 Å². The van der Waals surface area contributed by atoms with Gasteiger partial charge >= 0.3 is 5.97 Å².